The lowest BCUT2D eigenvalue weighted by molar-refractivity contribution is 1.11. The molecule has 2 aromatic heterocycles. The highest BCUT2D eigenvalue weighted by molar-refractivity contribution is 7.11. The van der Waals surface area contributed by atoms with E-state index in [1.807, 2.05) is 19.2 Å². The summed E-state index contributed by atoms with van der Waals surface area (Å²) in [4.78, 5) is 5.72. The Balaban J connectivity index is 1.78. The topological polar surface area (TPSA) is 53.6 Å². The number of rotatable bonds is 3. The van der Waals surface area contributed by atoms with E-state index >= 15 is 0 Å². The van der Waals surface area contributed by atoms with Gasteiger partial charge in [-0.05, 0) is 32.0 Å². The Bertz CT molecular complexity index is 683. The highest BCUT2D eigenvalue weighted by atomic mass is 32.1. The van der Waals surface area contributed by atoms with Gasteiger partial charge in [0.05, 0.1) is 29.0 Å². The maximum atomic E-state index is 4.43. The van der Waals surface area contributed by atoms with Crippen LogP contribution < -0.4 is 5.32 Å². The van der Waals surface area contributed by atoms with Gasteiger partial charge in [-0.15, -0.1) is 11.3 Å². The number of nitrogens with one attached hydrogen (secondary N) is 2. The van der Waals surface area contributed by atoms with Crippen molar-refractivity contribution >= 4 is 27.9 Å². The number of nitrogens with zero attached hydrogens (tertiary/aromatic N) is 2. The predicted molar refractivity (Wildman–Crippen MR) is 75.0 cm³/mol. The molecule has 0 saturated heterocycles. The summed E-state index contributed by atoms with van der Waals surface area (Å²) in [5.41, 5.74) is 3.29. The Morgan fingerprint density at radius 1 is 1.33 bits per heavy atom. The quantitative estimate of drug-likeness (QED) is 0.758. The fraction of sp³-hybridized carbons (Fsp3) is 0.231. The van der Waals surface area contributed by atoms with E-state index in [0.29, 0.717) is 0 Å². The smallest absolute Gasteiger partial charge is 0.0900 e. The Kier molecular flexibility index (Phi) is 2.76. The lowest BCUT2D eigenvalue weighted by Crippen LogP contribution is -1.98. The molecule has 0 bridgehead atoms. The molecule has 18 heavy (non-hydrogen) atoms. The molecule has 2 N–H and O–H groups in total. The third kappa shape index (κ3) is 2.09. The molecule has 0 aliphatic heterocycles. The van der Waals surface area contributed by atoms with Crippen LogP contribution in [0, 0.1) is 13.8 Å². The second-order valence-electron chi connectivity index (χ2n) is 4.27. The molecule has 4 nitrogen and oxygen atoms in total. The fourth-order valence-corrected chi connectivity index (χ4v) is 2.85. The van der Waals surface area contributed by atoms with Crippen LogP contribution in [0.5, 0.6) is 0 Å². The molecule has 0 unspecified atom stereocenters. The van der Waals surface area contributed by atoms with Crippen molar-refractivity contribution in [2.75, 3.05) is 5.32 Å². The van der Waals surface area contributed by atoms with Crippen LogP contribution in [0.25, 0.3) is 10.9 Å². The molecule has 0 aliphatic rings. The minimum atomic E-state index is 0.820. The monoisotopic (exact) mass is 258 g/mol. The van der Waals surface area contributed by atoms with Crippen LogP contribution in [0.1, 0.15) is 15.6 Å². The third-order valence-electron chi connectivity index (χ3n) is 2.89. The number of benzene rings is 1. The molecule has 0 saturated carbocycles. The molecule has 0 spiro atoms. The molecule has 0 atom stereocenters. The van der Waals surface area contributed by atoms with Crippen LogP contribution in [0.15, 0.2) is 24.4 Å². The van der Waals surface area contributed by atoms with Gasteiger partial charge in [0.15, 0.2) is 0 Å². The molecular weight excluding hydrogens is 244 g/mol. The van der Waals surface area contributed by atoms with Crippen molar-refractivity contribution in [2.45, 2.75) is 20.4 Å². The summed E-state index contributed by atoms with van der Waals surface area (Å²) >= 11 is 1.75. The van der Waals surface area contributed by atoms with E-state index < -0.39 is 0 Å². The number of aromatic amines is 1. The van der Waals surface area contributed by atoms with Crippen LogP contribution in [0.2, 0.25) is 0 Å². The van der Waals surface area contributed by atoms with Crippen LogP contribution in [0.3, 0.4) is 0 Å². The average Bonchev–Trinajstić information content (AvgIpc) is 2.92. The molecule has 0 amide bonds. The minimum absolute atomic E-state index is 0.820. The van der Waals surface area contributed by atoms with Gasteiger partial charge in [0, 0.05) is 16.0 Å². The second kappa shape index (κ2) is 4.42. The minimum Gasteiger partial charge on any atom is -0.380 e. The Labute approximate surface area is 109 Å². The number of anilines is 1. The van der Waals surface area contributed by atoms with E-state index in [-0.39, 0.29) is 0 Å². The van der Waals surface area contributed by atoms with Gasteiger partial charge >= 0.3 is 0 Å². The largest absolute Gasteiger partial charge is 0.380 e. The molecule has 0 aliphatic carbocycles. The van der Waals surface area contributed by atoms with Gasteiger partial charge in [-0.25, -0.2) is 4.98 Å². The van der Waals surface area contributed by atoms with E-state index in [1.54, 1.807) is 11.3 Å². The number of aryl methyl sites for hydroxylation is 2. The normalized spacial score (nSPS) is 11.0. The SMILES string of the molecule is Cc1nc(C)c(CNc2ccc3[nH]ncc3c2)s1. The van der Waals surface area contributed by atoms with Crippen molar-refractivity contribution in [3.05, 3.63) is 40.0 Å². The summed E-state index contributed by atoms with van der Waals surface area (Å²) in [6.45, 7) is 4.92. The lowest BCUT2D eigenvalue weighted by Gasteiger charge is -2.05. The number of thiazole rings is 1. The van der Waals surface area contributed by atoms with E-state index in [1.165, 1.54) is 4.88 Å². The first-order valence-electron chi connectivity index (χ1n) is 5.82. The first-order valence-corrected chi connectivity index (χ1v) is 6.64. The lowest BCUT2D eigenvalue weighted by atomic mass is 10.2. The van der Waals surface area contributed by atoms with Gasteiger partial charge in [-0.1, -0.05) is 0 Å². The molecule has 1 aromatic carbocycles. The number of aromatic nitrogens is 3. The first-order chi connectivity index (χ1) is 8.72. The van der Waals surface area contributed by atoms with Gasteiger partial charge in [-0.3, -0.25) is 5.10 Å². The summed E-state index contributed by atoms with van der Waals surface area (Å²) < 4.78 is 0. The van der Waals surface area contributed by atoms with E-state index in [4.69, 9.17) is 0 Å². The van der Waals surface area contributed by atoms with Crippen LogP contribution in [-0.2, 0) is 6.54 Å². The van der Waals surface area contributed by atoms with Crippen LogP contribution in [-0.4, -0.2) is 15.2 Å². The van der Waals surface area contributed by atoms with Crippen molar-refractivity contribution in [1.29, 1.82) is 0 Å². The van der Waals surface area contributed by atoms with Gasteiger partial charge in [-0.2, -0.15) is 5.10 Å². The standard InChI is InChI=1S/C13H14N4S/c1-8-13(18-9(2)16-8)7-14-11-3-4-12-10(5-11)6-15-17-12/h3-6,14H,7H2,1-2H3,(H,15,17). The van der Waals surface area contributed by atoms with Crippen molar-refractivity contribution in [3.8, 4) is 0 Å². The van der Waals surface area contributed by atoms with Crippen LogP contribution >= 0.6 is 11.3 Å². The van der Waals surface area contributed by atoms with Crippen LogP contribution in [0.4, 0.5) is 5.69 Å². The van der Waals surface area contributed by atoms with Gasteiger partial charge in [0.2, 0.25) is 0 Å². The summed E-state index contributed by atoms with van der Waals surface area (Å²) in [5.74, 6) is 0. The van der Waals surface area contributed by atoms with E-state index in [2.05, 4.69) is 39.6 Å². The van der Waals surface area contributed by atoms with E-state index in [0.717, 1.165) is 33.8 Å². The number of hydrogen-bond donors (Lipinski definition) is 2. The molecule has 3 aromatic rings. The van der Waals surface area contributed by atoms with E-state index in [9.17, 15) is 0 Å². The van der Waals surface area contributed by atoms with Gasteiger partial charge < -0.3 is 5.32 Å². The maximum Gasteiger partial charge on any atom is 0.0900 e. The number of hydrogen-bond acceptors (Lipinski definition) is 4. The van der Waals surface area contributed by atoms with Gasteiger partial charge in [0.25, 0.3) is 0 Å². The molecule has 0 radical (unpaired) electrons. The molecule has 5 heteroatoms. The maximum absolute atomic E-state index is 4.43. The average molecular weight is 258 g/mol. The molecule has 3 rings (SSSR count). The van der Waals surface area contributed by atoms with Crippen molar-refractivity contribution < 1.29 is 0 Å². The second-order valence-corrected chi connectivity index (χ2v) is 5.55. The zero-order valence-electron chi connectivity index (χ0n) is 10.3. The summed E-state index contributed by atoms with van der Waals surface area (Å²) in [6, 6.07) is 6.20. The number of H-pyrrole nitrogens is 1. The zero-order valence-corrected chi connectivity index (χ0v) is 11.1. The molecule has 0 fully saturated rings. The Morgan fingerprint density at radius 3 is 3.00 bits per heavy atom. The molecular formula is C13H14N4S. The highest BCUT2D eigenvalue weighted by Gasteiger charge is 2.04. The number of fused-ring (bicyclic) bond motifs is 1. The van der Waals surface area contributed by atoms with Crippen molar-refractivity contribution in [2.24, 2.45) is 0 Å². The first kappa shape index (κ1) is 11.2. The predicted octanol–water partition coefficient (Wildman–Crippen LogP) is 3.25. The summed E-state index contributed by atoms with van der Waals surface area (Å²) in [5, 5.41) is 12.6. The molecule has 2 heterocycles. The zero-order chi connectivity index (χ0) is 12.5. The summed E-state index contributed by atoms with van der Waals surface area (Å²) in [7, 11) is 0. The van der Waals surface area contributed by atoms with Crippen molar-refractivity contribution in [1.82, 2.24) is 15.2 Å². The summed E-state index contributed by atoms with van der Waals surface area (Å²) in [6.07, 6.45) is 1.84. The van der Waals surface area contributed by atoms with Gasteiger partial charge in [0.1, 0.15) is 0 Å². The Morgan fingerprint density at radius 2 is 2.22 bits per heavy atom. The van der Waals surface area contributed by atoms with Crippen molar-refractivity contribution in [3.63, 3.8) is 0 Å². The molecule has 92 valence electrons. The third-order valence-corrected chi connectivity index (χ3v) is 3.97. The Hall–Kier alpha value is -1.88. The fourth-order valence-electron chi connectivity index (χ4n) is 1.97. The highest BCUT2D eigenvalue weighted by Crippen LogP contribution is 2.21.